The van der Waals surface area contributed by atoms with Crippen molar-refractivity contribution in [2.75, 3.05) is 19.6 Å². The van der Waals surface area contributed by atoms with Gasteiger partial charge in [0.2, 0.25) is 0 Å². The minimum Gasteiger partial charge on any atom is -0.323 e. The first kappa shape index (κ1) is 15.5. The van der Waals surface area contributed by atoms with Crippen molar-refractivity contribution in [2.24, 2.45) is 11.1 Å². The zero-order chi connectivity index (χ0) is 14.8. The second-order valence-electron chi connectivity index (χ2n) is 7.28. The first-order chi connectivity index (χ1) is 9.37. The van der Waals surface area contributed by atoms with Gasteiger partial charge in [0.25, 0.3) is 0 Å². The molecule has 0 aliphatic carbocycles. The van der Waals surface area contributed by atoms with Crippen LogP contribution in [0.5, 0.6) is 0 Å². The number of benzene rings is 1. The lowest BCUT2D eigenvalue weighted by atomic mass is 9.85. The summed E-state index contributed by atoms with van der Waals surface area (Å²) in [5.41, 5.74) is 10.9. The Kier molecular flexibility index (Phi) is 4.87. The molecule has 1 aliphatic rings. The average molecular weight is 274 g/mol. The van der Waals surface area contributed by atoms with Gasteiger partial charge in [-0.1, -0.05) is 37.6 Å². The summed E-state index contributed by atoms with van der Waals surface area (Å²) in [4.78, 5) is 2.55. The molecule has 20 heavy (non-hydrogen) atoms. The first-order valence-electron chi connectivity index (χ1n) is 7.92. The van der Waals surface area contributed by atoms with Crippen LogP contribution >= 0.6 is 0 Å². The molecule has 2 nitrogen and oxygen atoms in total. The number of hydrogen-bond donors (Lipinski definition) is 1. The van der Waals surface area contributed by atoms with Crippen molar-refractivity contribution in [3.8, 4) is 0 Å². The van der Waals surface area contributed by atoms with Crippen molar-refractivity contribution in [1.29, 1.82) is 0 Å². The zero-order valence-corrected chi connectivity index (χ0v) is 13.6. The standard InChI is InChI=1S/C18H30N2/c1-14-6-7-16(15(2)12-14)17(19)13-20-10-5-8-18(3,4)9-11-20/h6-7,12,17H,5,8-11,13,19H2,1-4H3. The minimum atomic E-state index is 0.136. The molecule has 0 amide bonds. The van der Waals surface area contributed by atoms with Gasteiger partial charge in [-0.25, -0.2) is 0 Å². The Morgan fingerprint density at radius 3 is 2.65 bits per heavy atom. The number of aryl methyl sites for hydroxylation is 2. The first-order valence-corrected chi connectivity index (χ1v) is 7.92. The molecule has 112 valence electrons. The Labute approximate surface area is 124 Å². The van der Waals surface area contributed by atoms with E-state index in [2.05, 4.69) is 50.8 Å². The molecule has 2 rings (SSSR count). The highest BCUT2D eigenvalue weighted by molar-refractivity contribution is 5.32. The molecular weight excluding hydrogens is 244 g/mol. The molecule has 0 aromatic heterocycles. The van der Waals surface area contributed by atoms with Crippen LogP contribution < -0.4 is 5.73 Å². The van der Waals surface area contributed by atoms with Crippen molar-refractivity contribution in [3.05, 3.63) is 34.9 Å². The van der Waals surface area contributed by atoms with E-state index in [4.69, 9.17) is 5.73 Å². The number of hydrogen-bond acceptors (Lipinski definition) is 2. The van der Waals surface area contributed by atoms with Gasteiger partial charge in [-0.2, -0.15) is 0 Å². The molecule has 1 aliphatic heterocycles. The zero-order valence-electron chi connectivity index (χ0n) is 13.6. The fourth-order valence-corrected chi connectivity index (χ4v) is 3.28. The summed E-state index contributed by atoms with van der Waals surface area (Å²) in [7, 11) is 0. The number of nitrogens with zero attached hydrogens (tertiary/aromatic N) is 1. The van der Waals surface area contributed by atoms with E-state index in [0.29, 0.717) is 5.41 Å². The molecule has 1 aromatic rings. The van der Waals surface area contributed by atoms with Crippen molar-refractivity contribution in [2.45, 2.75) is 53.0 Å². The van der Waals surface area contributed by atoms with Gasteiger partial charge < -0.3 is 10.6 Å². The lowest BCUT2D eigenvalue weighted by Crippen LogP contribution is -2.33. The van der Waals surface area contributed by atoms with Crippen molar-refractivity contribution in [1.82, 2.24) is 4.90 Å². The Hall–Kier alpha value is -0.860. The van der Waals surface area contributed by atoms with E-state index in [-0.39, 0.29) is 6.04 Å². The fraction of sp³-hybridized carbons (Fsp3) is 0.667. The molecule has 2 N–H and O–H groups in total. The van der Waals surface area contributed by atoms with Crippen LogP contribution in [0.4, 0.5) is 0 Å². The van der Waals surface area contributed by atoms with Crippen molar-refractivity contribution >= 4 is 0 Å². The maximum Gasteiger partial charge on any atom is 0.0426 e. The third-order valence-electron chi connectivity index (χ3n) is 4.71. The topological polar surface area (TPSA) is 29.3 Å². The maximum absolute atomic E-state index is 6.45. The summed E-state index contributed by atoms with van der Waals surface area (Å²) in [5, 5.41) is 0. The highest BCUT2D eigenvalue weighted by atomic mass is 15.1. The van der Waals surface area contributed by atoms with Gasteiger partial charge in [0.1, 0.15) is 0 Å². The summed E-state index contributed by atoms with van der Waals surface area (Å²) in [5.74, 6) is 0. The van der Waals surface area contributed by atoms with Crippen LogP contribution in [-0.2, 0) is 0 Å². The normalized spacial score (nSPS) is 21.4. The molecule has 1 fully saturated rings. The summed E-state index contributed by atoms with van der Waals surface area (Å²) >= 11 is 0. The number of nitrogens with two attached hydrogens (primary N) is 1. The maximum atomic E-state index is 6.45. The molecule has 2 heteroatoms. The predicted molar refractivity (Wildman–Crippen MR) is 86.9 cm³/mol. The van der Waals surface area contributed by atoms with E-state index < -0.39 is 0 Å². The number of likely N-dealkylation sites (tertiary alicyclic amines) is 1. The van der Waals surface area contributed by atoms with E-state index in [1.807, 2.05) is 0 Å². The highest BCUT2D eigenvalue weighted by Crippen LogP contribution is 2.30. The van der Waals surface area contributed by atoms with Gasteiger partial charge in [0, 0.05) is 12.6 Å². The van der Waals surface area contributed by atoms with Crippen LogP contribution in [-0.4, -0.2) is 24.5 Å². The van der Waals surface area contributed by atoms with Crippen LogP contribution in [0.2, 0.25) is 0 Å². The Balaban J connectivity index is 1.98. The molecule has 0 saturated carbocycles. The molecule has 1 heterocycles. The van der Waals surface area contributed by atoms with Gasteiger partial charge >= 0.3 is 0 Å². The molecule has 1 aromatic carbocycles. The van der Waals surface area contributed by atoms with Gasteiger partial charge in [-0.05, 0) is 62.7 Å². The van der Waals surface area contributed by atoms with Crippen LogP contribution in [0.1, 0.15) is 55.8 Å². The molecular formula is C18H30N2. The fourth-order valence-electron chi connectivity index (χ4n) is 3.28. The van der Waals surface area contributed by atoms with Gasteiger partial charge in [0.15, 0.2) is 0 Å². The second kappa shape index (κ2) is 6.28. The summed E-state index contributed by atoms with van der Waals surface area (Å²) < 4.78 is 0. The van der Waals surface area contributed by atoms with Crippen LogP contribution in [0.3, 0.4) is 0 Å². The van der Waals surface area contributed by atoms with Crippen LogP contribution in [0.25, 0.3) is 0 Å². The van der Waals surface area contributed by atoms with Gasteiger partial charge in [-0.15, -0.1) is 0 Å². The van der Waals surface area contributed by atoms with Crippen LogP contribution in [0, 0.1) is 19.3 Å². The molecule has 1 unspecified atom stereocenters. The molecule has 1 atom stereocenters. The third kappa shape index (κ3) is 4.07. The lowest BCUT2D eigenvalue weighted by Gasteiger charge is -2.26. The smallest absolute Gasteiger partial charge is 0.0426 e. The van der Waals surface area contributed by atoms with E-state index in [1.54, 1.807) is 0 Å². The van der Waals surface area contributed by atoms with E-state index in [0.717, 1.165) is 6.54 Å². The van der Waals surface area contributed by atoms with Gasteiger partial charge in [0.05, 0.1) is 0 Å². The van der Waals surface area contributed by atoms with E-state index >= 15 is 0 Å². The minimum absolute atomic E-state index is 0.136. The SMILES string of the molecule is Cc1ccc(C(N)CN2CCCC(C)(C)CC2)c(C)c1. The summed E-state index contributed by atoms with van der Waals surface area (Å²) in [6.45, 7) is 12.5. The second-order valence-corrected chi connectivity index (χ2v) is 7.28. The average Bonchev–Trinajstić information content (AvgIpc) is 2.51. The monoisotopic (exact) mass is 274 g/mol. The van der Waals surface area contributed by atoms with Crippen molar-refractivity contribution < 1.29 is 0 Å². The summed E-state index contributed by atoms with van der Waals surface area (Å²) in [6.07, 6.45) is 3.92. The lowest BCUT2D eigenvalue weighted by molar-refractivity contribution is 0.249. The Morgan fingerprint density at radius 1 is 1.20 bits per heavy atom. The van der Waals surface area contributed by atoms with Crippen molar-refractivity contribution in [3.63, 3.8) is 0 Å². The molecule has 0 radical (unpaired) electrons. The Bertz CT molecular complexity index is 451. The van der Waals surface area contributed by atoms with Crippen LogP contribution in [0.15, 0.2) is 18.2 Å². The van der Waals surface area contributed by atoms with Gasteiger partial charge in [-0.3, -0.25) is 0 Å². The van der Waals surface area contributed by atoms with E-state index in [9.17, 15) is 0 Å². The molecule has 0 bridgehead atoms. The molecule has 0 spiro atoms. The Morgan fingerprint density at radius 2 is 1.95 bits per heavy atom. The van der Waals surface area contributed by atoms with E-state index in [1.165, 1.54) is 49.0 Å². The molecule has 1 saturated heterocycles. The highest BCUT2D eigenvalue weighted by Gasteiger charge is 2.24. The largest absolute Gasteiger partial charge is 0.323 e. The predicted octanol–water partition coefficient (Wildman–Crippen LogP) is 3.82. The quantitative estimate of drug-likeness (QED) is 0.908. The third-order valence-corrected chi connectivity index (χ3v) is 4.71. The summed E-state index contributed by atoms with van der Waals surface area (Å²) in [6, 6.07) is 6.75. The number of rotatable bonds is 3.